The summed E-state index contributed by atoms with van der Waals surface area (Å²) < 4.78 is 10.6. The van der Waals surface area contributed by atoms with Gasteiger partial charge in [0.2, 0.25) is 11.8 Å². The molecule has 2 heterocycles. The highest BCUT2D eigenvalue weighted by Gasteiger charge is 2.42. The fourth-order valence-electron chi connectivity index (χ4n) is 4.89. The summed E-state index contributed by atoms with van der Waals surface area (Å²) in [4.78, 5) is 56.8. The minimum atomic E-state index is -0.867. The molecule has 4 rings (SSSR count). The molecule has 0 bridgehead atoms. The van der Waals surface area contributed by atoms with Crippen LogP contribution in [0.15, 0.2) is 47.5 Å². The number of benzene rings is 2. The number of nitrogens with one attached hydrogen (secondary N) is 2. The number of ether oxygens (including phenoxy) is 2. The van der Waals surface area contributed by atoms with Crippen LogP contribution in [0.1, 0.15) is 70.2 Å². The molecule has 0 saturated heterocycles. The number of nitrogens with zero attached hydrogens (tertiary/aromatic N) is 2. The van der Waals surface area contributed by atoms with Crippen molar-refractivity contribution < 1.29 is 28.7 Å². The standard InChI is InChI=1S/C31H39N5O6/c1-30(2,3)41-28(39)34-25(35-29(40)42-31(4,5)6)20-12-10-18(11-13-20)17-33-26(37)23-16-21-9-7-8-19-14-15-22(32)27(38)36(23)24(19)21/h7-13,22-23H,14-17,32H2,1-6H3,(H,33,37)(H,34,35,39,40). The Labute approximate surface area is 245 Å². The fraction of sp³-hybridized carbons (Fsp3) is 0.452. The first-order chi connectivity index (χ1) is 19.6. The number of hydrogen-bond acceptors (Lipinski definition) is 7. The molecule has 2 aromatic rings. The van der Waals surface area contributed by atoms with Crippen LogP contribution in [0.5, 0.6) is 0 Å². The van der Waals surface area contributed by atoms with E-state index in [9.17, 15) is 19.2 Å². The van der Waals surface area contributed by atoms with Gasteiger partial charge in [0.15, 0.2) is 0 Å². The number of alkyl carbamates (subject to hydrolysis) is 1. The maximum Gasteiger partial charge on any atom is 0.436 e. The lowest BCUT2D eigenvalue weighted by atomic mass is 10.0. The van der Waals surface area contributed by atoms with Gasteiger partial charge >= 0.3 is 12.2 Å². The van der Waals surface area contributed by atoms with E-state index in [1.54, 1.807) is 70.7 Å². The third-order valence-corrected chi connectivity index (χ3v) is 6.66. The second-order valence-corrected chi connectivity index (χ2v) is 12.5. The lowest BCUT2D eigenvalue weighted by Crippen LogP contribution is -2.52. The van der Waals surface area contributed by atoms with Crippen molar-refractivity contribution in [3.05, 3.63) is 64.7 Å². The average molecular weight is 578 g/mol. The second kappa shape index (κ2) is 11.9. The summed E-state index contributed by atoms with van der Waals surface area (Å²) in [6.45, 7) is 10.5. The van der Waals surface area contributed by atoms with Crippen molar-refractivity contribution in [2.75, 3.05) is 4.90 Å². The molecule has 0 fully saturated rings. The third kappa shape index (κ3) is 7.52. The highest BCUT2D eigenvalue weighted by molar-refractivity contribution is 6.10. The van der Waals surface area contributed by atoms with Gasteiger partial charge in [-0.05, 0) is 71.1 Å². The van der Waals surface area contributed by atoms with E-state index in [-0.39, 0.29) is 24.2 Å². The molecule has 0 spiro atoms. The van der Waals surface area contributed by atoms with E-state index in [1.165, 1.54) is 0 Å². The Morgan fingerprint density at radius 2 is 1.62 bits per heavy atom. The number of aryl methyl sites for hydroxylation is 1. The minimum absolute atomic E-state index is 0.0374. The average Bonchev–Trinajstić information content (AvgIpc) is 3.22. The summed E-state index contributed by atoms with van der Waals surface area (Å²) in [5.41, 5.74) is 8.62. The molecule has 2 aromatic carbocycles. The van der Waals surface area contributed by atoms with E-state index in [0.717, 1.165) is 22.4 Å². The number of hydrogen-bond donors (Lipinski definition) is 3. The first-order valence-corrected chi connectivity index (χ1v) is 14.0. The van der Waals surface area contributed by atoms with Crippen LogP contribution in [0.2, 0.25) is 0 Å². The van der Waals surface area contributed by atoms with Gasteiger partial charge in [-0.15, -0.1) is 0 Å². The van der Waals surface area contributed by atoms with Gasteiger partial charge < -0.3 is 20.5 Å². The number of nitrogens with two attached hydrogens (primary N) is 1. The van der Waals surface area contributed by atoms with E-state index in [4.69, 9.17) is 15.2 Å². The van der Waals surface area contributed by atoms with Crippen molar-refractivity contribution in [1.29, 1.82) is 0 Å². The summed E-state index contributed by atoms with van der Waals surface area (Å²) >= 11 is 0. The van der Waals surface area contributed by atoms with Crippen LogP contribution < -0.4 is 21.3 Å². The quantitative estimate of drug-likeness (QED) is 0.370. The van der Waals surface area contributed by atoms with Crippen molar-refractivity contribution in [1.82, 2.24) is 10.6 Å². The largest absolute Gasteiger partial charge is 0.444 e. The topological polar surface area (TPSA) is 152 Å². The van der Waals surface area contributed by atoms with E-state index in [1.807, 2.05) is 18.2 Å². The van der Waals surface area contributed by atoms with Gasteiger partial charge in [0, 0.05) is 18.5 Å². The Morgan fingerprint density at radius 1 is 0.976 bits per heavy atom. The van der Waals surface area contributed by atoms with Gasteiger partial charge in [0.05, 0.1) is 11.7 Å². The van der Waals surface area contributed by atoms with E-state index in [0.29, 0.717) is 24.8 Å². The molecule has 11 heteroatoms. The first-order valence-electron chi connectivity index (χ1n) is 14.0. The number of para-hydroxylation sites is 1. The molecule has 2 atom stereocenters. The maximum atomic E-state index is 13.3. The number of amidine groups is 1. The second-order valence-electron chi connectivity index (χ2n) is 12.5. The molecule has 0 aromatic heterocycles. The fourth-order valence-corrected chi connectivity index (χ4v) is 4.89. The number of amides is 4. The molecular formula is C31H39N5O6. The number of aliphatic imine (C=N–C) groups is 1. The molecule has 42 heavy (non-hydrogen) atoms. The first kappa shape index (κ1) is 30.7. The number of rotatable bonds is 4. The van der Waals surface area contributed by atoms with Crippen LogP contribution in [0.4, 0.5) is 15.3 Å². The normalized spacial score (nSPS) is 18.6. The number of carbonyl (C=O) groups excluding carboxylic acids is 4. The van der Waals surface area contributed by atoms with Crippen molar-refractivity contribution >= 4 is 35.5 Å². The number of carbonyl (C=O) groups is 4. The van der Waals surface area contributed by atoms with Crippen LogP contribution in [-0.2, 0) is 38.4 Å². The van der Waals surface area contributed by atoms with Crippen molar-refractivity contribution in [2.45, 2.75) is 90.6 Å². The number of anilines is 1. The third-order valence-electron chi connectivity index (χ3n) is 6.66. The zero-order valence-corrected chi connectivity index (χ0v) is 24.9. The molecule has 2 unspecified atom stereocenters. The molecule has 4 N–H and O–H groups in total. The van der Waals surface area contributed by atoms with Crippen LogP contribution in [0, 0.1) is 0 Å². The molecule has 2 aliphatic heterocycles. The van der Waals surface area contributed by atoms with Gasteiger partial charge in [-0.25, -0.2) is 9.59 Å². The lowest BCUT2D eigenvalue weighted by molar-refractivity contribution is -0.126. The summed E-state index contributed by atoms with van der Waals surface area (Å²) in [6, 6.07) is 11.4. The monoisotopic (exact) mass is 577 g/mol. The molecule has 0 radical (unpaired) electrons. The molecule has 11 nitrogen and oxygen atoms in total. The van der Waals surface area contributed by atoms with Crippen molar-refractivity contribution in [3.8, 4) is 0 Å². The van der Waals surface area contributed by atoms with E-state index < -0.39 is 35.5 Å². The van der Waals surface area contributed by atoms with Gasteiger partial charge in [-0.3, -0.25) is 19.8 Å². The highest BCUT2D eigenvalue weighted by Crippen LogP contribution is 2.38. The molecule has 2 aliphatic rings. The van der Waals surface area contributed by atoms with Gasteiger partial charge in [0.1, 0.15) is 23.1 Å². The molecule has 0 saturated carbocycles. The maximum absolute atomic E-state index is 13.3. The van der Waals surface area contributed by atoms with Crippen LogP contribution in [0.25, 0.3) is 0 Å². The predicted molar refractivity (Wildman–Crippen MR) is 158 cm³/mol. The molecule has 0 aliphatic carbocycles. The zero-order valence-electron chi connectivity index (χ0n) is 24.9. The van der Waals surface area contributed by atoms with Crippen LogP contribution >= 0.6 is 0 Å². The van der Waals surface area contributed by atoms with Crippen molar-refractivity contribution in [3.63, 3.8) is 0 Å². The molecule has 224 valence electrons. The van der Waals surface area contributed by atoms with Crippen molar-refractivity contribution in [2.24, 2.45) is 10.7 Å². The summed E-state index contributed by atoms with van der Waals surface area (Å²) in [5, 5.41) is 5.46. The van der Waals surface area contributed by atoms with E-state index >= 15 is 0 Å². The lowest BCUT2D eigenvalue weighted by Gasteiger charge is -2.26. The molecular weight excluding hydrogens is 538 g/mol. The van der Waals surface area contributed by atoms with E-state index in [2.05, 4.69) is 15.6 Å². The van der Waals surface area contributed by atoms with Gasteiger partial charge in [0.25, 0.3) is 0 Å². The van der Waals surface area contributed by atoms with Crippen LogP contribution in [0.3, 0.4) is 0 Å². The highest BCUT2D eigenvalue weighted by atomic mass is 16.6. The Morgan fingerprint density at radius 3 is 2.26 bits per heavy atom. The Bertz CT molecular complexity index is 1400. The van der Waals surface area contributed by atoms with Gasteiger partial charge in [-0.2, -0.15) is 4.99 Å². The zero-order chi connectivity index (χ0) is 30.8. The Kier molecular flexibility index (Phi) is 8.72. The Hall–Kier alpha value is -4.25. The van der Waals surface area contributed by atoms with Crippen LogP contribution in [-0.4, -0.2) is 53.1 Å². The summed E-state index contributed by atoms with van der Waals surface area (Å²) in [7, 11) is 0. The summed E-state index contributed by atoms with van der Waals surface area (Å²) in [5.74, 6) is -0.551. The predicted octanol–water partition coefficient (Wildman–Crippen LogP) is 3.74. The summed E-state index contributed by atoms with van der Waals surface area (Å²) in [6.07, 6.45) is 0.00907. The SMILES string of the molecule is CC(C)(C)OC(=O)/N=C(/NC(=O)OC(C)(C)C)c1ccc(CNC(=O)C2Cc3cccc4c3N2C(=O)C(N)CC4)cc1. The van der Waals surface area contributed by atoms with Gasteiger partial charge in [-0.1, -0.05) is 42.5 Å². The minimum Gasteiger partial charge on any atom is -0.444 e. The smallest absolute Gasteiger partial charge is 0.436 e. The Balaban J connectivity index is 1.47. The molecule has 4 amide bonds.